The smallest absolute Gasteiger partial charge is 0.0802 e. The molecule has 0 saturated carbocycles. The van der Waals surface area contributed by atoms with Gasteiger partial charge in [0.1, 0.15) is 0 Å². The molecule has 1 aliphatic heterocycles. The molecule has 1 heterocycles. The van der Waals surface area contributed by atoms with Crippen LogP contribution in [0.1, 0.15) is 19.8 Å². The van der Waals surface area contributed by atoms with Gasteiger partial charge in [-0.3, -0.25) is 0 Å². The minimum absolute atomic E-state index is 0.257. The number of aliphatic hydroxyl groups excluding tert-OH is 1. The van der Waals surface area contributed by atoms with Crippen LogP contribution in [0.2, 0.25) is 0 Å². The van der Waals surface area contributed by atoms with E-state index in [9.17, 15) is 5.11 Å². The lowest BCUT2D eigenvalue weighted by atomic mass is 9.93. The third kappa shape index (κ3) is 3.09. The average Bonchev–Trinajstić information content (AvgIpc) is 2.15. The molecule has 2 N–H and O–H groups in total. The maximum Gasteiger partial charge on any atom is 0.0802 e. The number of piperidine rings is 1. The first-order chi connectivity index (χ1) is 5.84. The molecule has 0 radical (unpaired) electrons. The predicted molar refractivity (Wildman–Crippen MR) is 48.1 cm³/mol. The van der Waals surface area contributed by atoms with Gasteiger partial charge >= 0.3 is 0 Å². The Hall–Kier alpha value is -0.120. The first-order valence-electron chi connectivity index (χ1n) is 4.81. The maximum atomic E-state index is 9.65. The molecule has 1 saturated heterocycles. The summed E-state index contributed by atoms with van der Waals surface area (Å²) in [6.45, 7) is 5.22. The van der Waals surface area contributed by atoms with E-state index in [-0.39, 0.29) is 6.10 Å². The molecule has 1 atom stereocenters. The van der Waals surface area contributed by atoms with Gasteiger partial charge in [-0.1, -0.05) is 0 Å². The van der Waals surface area contributed by atoms with Crippen LogP contribution in [-0.2, 0) is 4.74 Å². The molecule has 1 rings (SSSR count). The van der Waals surface area contributed by atoms with Crippen LogP contribution in [0.3, 0.4) is 0 Å². The van der Waals surface area contributed by atoms with Crippen molar-refractivity contribution in [2.45, 2.75) is 25.9 Å². The van der Waals surface area contributed by atoms with Crippen molar-refractivity contribution in [3.05, 3.63) is 0 Å². The summed E-state index contributed by atoms with van der Waals surface area (Å²) in [6.07, 6.45) is 1.90. The molecule has 0 aromatic rings. The topological polar surface area (TPSA) is 41.5 Å². The second kappa shape index (κ2) is 5.51. The molecular weight excluding hydrogens is 154 g/mol. The normalized spacial score (nSPS) is 22.5. The lowest BCUT2D eigenvalue weighted by molar-refractivity contribution is 0.000938. The SMILES string of the molecule is CCOCC(O)C1CCNCC1. The highest BCUT2D eigenvalue weighted by atomic mass is 16.5. The zero-order valence-electron chi connectivity index (χ0n) is 7.75. The van der Waals surface area contributed by atoms with E-state index in [2.05, 4.69) is 5.32 Å². The average molecular weight is 173 g/mol. The minimum Gasteiger partial charge on any atom is -0.390 e. The number of rotatable bonds is 4. The Morgan fingerprint density at radius 3 is 2.75 bits per heavy atom. The molecule has 3 heteroatoms. The quantitative estimate of drug-likeness (QED) is 0.646. The monoisotopic (exact) mass is 173 g/mol. The van der Waals surface area contributed by atoms with Gasteiger partial charge in [0.2, 0.25) is 0 Å². The van der Waals surface area contributed by atoms with E-state index in [4.69, 9.17) is 4.74 Å². The van der Waals surface area contributed by atoms with Gasteiger partial charge in [0, 0.05) is 6.61 Å². The van der Waals surface area contributed by atoms with E-state index >= 15 is 0 Å². The van der Waals surface area contributed by atoms with Crippen LogP contribution in [0.15, 0.2) is 0 Å². The standard InChI is InChI=1S/C9H19NO2/c1-2-12-7-9(11)8-3-5-10-6-4-8/h8-11H,2-7H2,1H3. The maximum absolute atomic E-state index is 9.65. The van der Waals surface area contributed by atoms with Gasteiger partial charge in [0.25, 0.3) is 0 Å². The Kier molecular flexibility index (Phi) is 4.58. The summed E-state index contributed by atoms with van der Waals surface area (Å²) >= 11 is 0. The lowest BCUT2D eigenvalue weighted by Crippen LogP contribution is -2.36. The van der Waals surface area contributed by atoms with Gasteiger partial charge in [-0.05, 0) is 38.8 Å². The fraction of sp³-hybridized carbons (Fsp3) is 1.00. The van der Waals surface area contributed by atoms with Crippen LogP contribution in [0.4, 0.5) is 0 Å². The second-order valence-electron chi connectivity index (χ2n) is 3.31. The van der Waals surface area contributed by atoms with Crippen LogP contribution in [-0.4, -0.2) is 37.5 Å². The summed E-state index contributed by atoms with van der Waals surface area (Å²) in [5.74, 6) is 0.442. The summed E-state index contributed by atoms with van der Waals surface area (Å²) in [6, 6.07) is 0. The number of aliphatic hydroxyl groups is 1. The zero-order valence-corrected chi connectivity index (χ0v) is 7.75. The van der Waals surface area contributed by atoms with Gasteiger partial charge in [-0.2, -0.15) is 0 Å². The Bertz CT molecular complexity index is 113. The molecule has 12 heavy (non-hydrogen) atoms. The van der Waals surface area contributed by atoms with Crippen molar-refractivity contribution in [3.8, 4) is 0 Å². The van der Waals surface area contributed by atoms with Crippen molar-refractivity contribution in [2.24, 2.45) is 5.92 Å². The molecular formula is C9H19NO2. The van der Waals surface area contributed by atoms with Crippen molar-refractivity contribution < 1.29 is 9.84 Å². The number of nitrogens with one attached hydrogen (secondary N) is 1. The Morgan fingerprint density at radius 2 is 2.17 bits per heavy atom. The third-order valence-electron chi connectivity index (χ3n) is 2.42. The largest absolute Gasteiger partial charge is 0.390 e. The number of ether oxygens (including phenoxy) is 1. The van der Waals surface area contributed by atoms with Crippen molar-refractivity contribution in [3.63, 3.8) is 0 Å². The molecule has 0 amide bonds. The highest BCUT2D eigenvalue weighted by molar-refractivity contribution is 4.74. The molecule has 0 bridgehead atoms. The van der Waals surface area contributed by atoms with Crippen molar-refractivity contribution in [2.75, 3.05) is 26.3 Å². The van der Waals surface area contributed by atoms with Crippen LogP contribution in [0.25, 0.3) is 0 Å². The molecule has 0 aliphatic carbocycles. The Labute approximate surface area is 74.1 Å². The molecule has 0 spiro atoms. The van der Waals surface area contributed by atoms with E-state index in [1.54, 1.807) is 0 Å². The summed E-state index contributed by atoms with van der Waals surface area (Å²) in [5, 5.41) is 12.9. The number of hydrogen-bond donors (Lipinski definition) is 2. The first-order valence-corrected chi connectivity index (χ1v) is 4.81. The zero-order chi connectivity index (χ0) is 8.81. The van der Waals surface area contributed by atoms with Gasteiger partial charge in [-0.15, -0.1) is 0 Å². The van der Waals surface area contributed by atoms with E-state index in [1.165, 1.54) is 0 Å². The minimum atomic E-state index is -0.257. The first kappa shape index (κ1) is 9.96. The third-order valence-corrected chi connectivity index (χ3v) is 2.42. The molecule has 0 aromatic carbocycles. The highest BCUT2D eigenvalue weighted by Crippen LogP contribution is 2.16. The van der Waals surface area contributed by atoms with Gasteiger partial charge in [-0.25, -0.2) is 0 Å². The second-order valence-corrected chi connectivity index (χ2v) is 3.31. The van der Waals surface area contributed by atoms with Crippen molar-refractivity contribution in [1.29, 1.82) is 0 Å². The van der Waals surface area contributed by atoms with Crippen LogP contribution in [0.5, 0.6) is 0 Å². The van der Waals surface area contributed by atoms with Gasteiger partial charge < -0.3 is 15.2 Å². The molecule has 1 fully saturated rings. The van der Waals surface area contributed by atoms with Crippen LogP contribution < -0.4 is 5.32 Å². The van der Waals surface area contributed by atoms with E-state index in [1.807, 2.05) is 6.92 Å². The summed E-state index contributed by atoms with van der Waals surface area (Å²) in [7, 11) is 0. The van der Waals surface area contributed by atoms with Crippen molar-refractivity contribution in [1.82, 2.24) is 5.32 Å². The van der Waals surface area contributed by atoms with Crippen LogP contribution >= 0.6 is 0 Å². The van der Waals surface area contributed by atoms with E-state index < -0.39 is 0 Å². The molecule has 0 aromatic heterocycles. The fourth-order valence-electron chi connectivity index (χ4n) is 1.60. The Balaban J connectivity index is 2.15. The van der Waals surface area contributed by atoms with Crippen molar-refractivity contribution >= 4 is 0 Å². The Morgan fingerprint density at radius 1 is 1.50 bits per heavy atom. The van der Waals surface area contributed by atoms with Gasteiger partial charge in [0.05, 0.1) is 12.7 Å². The van der Waals surface area contributed by atoms with E-state index in [0.717, 1.165) is 25.9 Å². The predicted octanol–water partition coefficient (Wildman–Crippen LogP) is 0.383. The molecule has 1 unspecified atom stereocenters. The molecule has 72 valence electrons. The highest BCUT2D eigenvalue weighted by Gasteiger charge is 2.20. The van der Waals surface area contributed by atoms with Gasteiger partial charge in [0.15, 0.2) is 0 Å². The fourth-order valence-corrected chi connectivity index (χ4v) is 1.60. The van der Waals surface area contributed by atoms with Crippen LogP contribution in [0, 0.1) is 5.92 Å². The molecule has 1 aliphatic rings. The summed E-state index contributed by atoms with van der Waals surface area (Å²) in [4.78, 5) is 0. The lowest BCUT2D eigenvalue weighted by Gasteiger charge is -2.26. The number of hydrogen-bond acceptors (Lipinski definition) is 3. The summed E-state index contributed by atoms with van der Waals surface area (Å²) in [5.41, 5.74) is 0. The van der Waals surface area contributed by atoms with E-state index in [0.29, 0.717) is 19.1 Å². The molecule has 3 nitrogen and oxygen atoms in total. The summed E-state index contributed by atoms with van der Waals surface area (Å²) < 4.78 is 5.18.